The number of carbonyl (C=O) groups excluding carboxylic acids is 2. The Kier molecular flexibility index (Phi) is 9.36. The fourth-order valence-corrected chi connectivity index (χ4v) is 0.964. The molecule has 0 aromatic carbocycles. The van der Waals surface area contributed by atoms with Gasteiger partial charge >= 0.3 is 11.9 Å². The molecule has 0 unspecified atom stereocenters. The fourth-order valence-electron chi connectivity index (χ4n) is 0.964. The van der Waals surface area contributed by atoms with E-state index in [2.05, 4.69) is 18.2 Å². The van der Waals surface area contributed by atoms with Gasteiger partial charge in [-0.2, -0.15) is 0 Å². The number of ether oxygens (including phenoxy) is 2. The minimum Gasteiger partial charge on any atom is -0.466 e. The summed E-state index contributed by atoms with van der Waals surface area (Å²) in [6.45, 7) is 6.05. The quantitative estimate of drug-likeness (QED) is 0.343. The number of hydrogen-bond donors (Lipinski definition) is 0. The maximum atomic E-state index is 11.1. The van der Waals surface area contributed by atoms with E-state index in [4.69, 9.17) is 4.74 Å². The molecule has 0 heterocycles. The molecule has 0 aliphatic carbocycles. The zero-order valence-electron chi connectivity index (χ0n) is 9.74. The second-order valence-corrected chi connectivity index (χ2v) is 3.25. The highest BCUT2D eigenvalue weighted by Gasteiger charge is 2.08. The molecule has 1 radical (unpaired) electrons. The van der Waals surface area contributed by atoms with E-state index >= 15 is 0 Å². The second-order valence-electron chi connectivity index (χ2n) is 3.25. The highest BCUT2D eigenvalue weighted by atomic mass is 16.5. The molecule has 4 heteroatoms. The summed E-state index contributed by atoms with van der Waals surface area (Å²) in [5.74, 6) is -0.919. The Hall–Kier alpha value is -1.32. The molecule has 91 valence electrons. The third kappa shape index (κ3) is 9.24. The molecular formula is C12H19O4. The number of carbonyl (C=O) groups is 2. The van der Waals surface area contributed by atoms with Gasteiger partial charge < -0.3 is 9.47 Å². The number of unbranched alkanes of at least 4 members (excludes halogenated alkanes) is 2. The molecule has 0 rings (SSSR count). The van der Waals surface area contributed by atoms with Gasteiger partial charge in [-0.25, -0.2) is 0 Å². The van der Waals surface area contributed by atoms with Crippen molar-refractivity contribution >= 4 is 11.9 Å². The van der Waals surface area contributed by atoms with Gasteiger partial charge in [0.1, 0.15) is 6.61 Å². The van der Waals surface area contributed by atoms with Crippen molar-refractivity contribution in [2.75, 3.05) is 13.2 Å². The van der Waals surface area contributed by atoms with E-state index in [1.165, 1.54) is 12.5 Å². The van der Waals surface area contributed by atoms with Crippen LogP contribution in [-0.2, 0) is 19.1 Å². The molecule has 0 saturated heterocycles. The summed E-state index contributed by atoms with van der Waals surface area (Å²) in [5.41, 5.74) is 0. The molecule has 0 aromatic heterocycles. The number of rotatable bonds is 9. The lowest BCUT2D eigenvalue weighted by Gasteiger charge is -2.03. The lowest BCUT2D eigenvalue weighted by Crippen LogP contribution is -2.11. The van der Waals surface area contributed by atoms with Crippen LogP contribution in [0.2, 0.25) is 0 Å². The van der Waals surface area contributed by atoms with Gasteiger partial charge in [0.25, 0.3) is 0 Å². The van der Waals surface area contributed by atoms with Gasteiger partial charge in [-0.3, -0.25) is 9.59 Å². The van der Waals surface area contributed by atoms with Crippen molar-refractivity contribution in [1.29, 1.82) is 0 Å². The molecule has 0 bridgehead atoms. The SMILES string of the molecule is C=CCOC(=O)[CH]CC(=O)OCCCCC. The summed E-state index contributed by atoms with van der Waals surface area (Å²) in [4.78, 5) is 22.1. The molecule has 0 saturated carbocycles. The zero-order valence-corrected chi connectivity index (χ0v) is 9.74. The van der Waals surface area contributed by atoms with E-state index in [0.29, 0.717) is 6.61 Å². The van der Waals surface area contributed by atoms with E-state index in [0.717, 1.165) is 19.3 Å². The summed E-state index contributed by atoms with van der Waals surface area (Å²) >= 11 is 0. The fraction of sp³-hybridized carbons (Fsp3) is 0.583. The minimum atomic E-state index is -0.523. The Morgan fingerprint density at radius 1 is 1.25 bits per heavy atom. The van der Waals surface area contributed by atoms with E-state index < -0.39 is 11.9 Å². The second kappa shape index (κ2) is 10.2. The first-order valence-corrected chi connectivity index (χ1v) is 5.47. The topological polar surface area (TPSA) is 52.6 Å². The molecule has 0 aromatic rings. The average Bonchev–Trinajstić information content (AvgIpc) is 2.29. The molecule has 16 heavy (non-hydrogen) atoms. The standard InChI is InChI=1S/C12H19O4/c1-3-5-6-10-16-12(14)8-7-11(13)15-9-4-2/h4,7H,2-3,5-6,8-10H2,1H3. The summed E-state index contributed by atoms with van der Waals surface area (Å²) < 4.78 is 9.57. The molecule has 0 fully saturated rings. The molecule has 0 aliphatic heterocycles. The van der Waals surface area contributed by atoms with Crippen molar-refractivity contribution in [1.82, 2.24) is 0 Å². The average molecular weight is 227 g/mol. The lowest BCUT2D eigenvalue weighted by atomic mass is 10.3. The number of hydrogen-bond acceptors (Lipinski definition) is 4. The first kappa shape index (κ1) is 14.7. The monoisotopic (exact) mass is 227 g/mol. The highest BCUT2D eigenvalue weighted by Crippen LogP contribution is 1.98. The Bertz CT molecular complexity index is 223. The van der Waals surface area contributed by atoms with Crippen LogP contribution in [0.3, 0.4) is 0 Å². The minimum absolute atomic E-state index is 0.0396. The summed E-state index contributed by atoms with van der Waals surface area (Å²) in [6, 6.07) is 0. The first-order chi connectivity index (χ1) is 7.70. The molecule has 4 nitrogen and oxygen atoms in total. The van der Waals surface area contributed by atoms with Gasteiger partial charge in [-0.15, -0.1) is 0 Å². The maximum absolute atomic E-state index is 11.1. The first-order valence-electron chi connectivity index (χ1n) is 5.47. The van der Waals surface area contributed by atoms with Crippen molar-refractivity contribution in [3.05, 3.63) is 19.1 Å². The Morgan fingerprint density at radius 3 is 2.62 bits per heavy atom. The van der Waals surface area contributed by atoms with Crippen LogP contribution in [0, 0.1) is 6.42 Å². The lowest BCUT2D eigenvalue weighted by molar-refractivity contribution is -0.146. The molecule has 0 atom stereocenters. The van der Waals surface area contributed by atoms with Crippen LogP contribution < -0.4 is 0 Å². The molecule has 0 amide bonds. The Morgan fingerprint density at radius 2 is 2.00 bits per heavy atom. The van der Waals surface area contributed by atoms with E-state index in [9.17, 15) is 9.59 Å². The van der Waals surface area contributed by atoms with Crippen molar-refractivity contribution in [2.24, 2.45) is 0 Å². The third-order valence-electron chi connectivity index (χ3n) is 1.79. The molecular weight excluding hydrogens is 208 g/mol. The summed E-state index contributed by atoms with van der Waals surface area (Å²) in [6.07, 6.45) is 5.58. The molecule has 0 spiro atoms. The Balaban J connectivity index is 3.42. The van der Waals surface area contributed by atoms with Gasteiger partial charge in [-0.1, -0.05) is 32.4 Å². The predicted octanol–water partition coefficient (Wildman–Crippen LogP) is 2.04. The van der Waals surface area contributed by atoms with Crippen molar-refractivity contribution in [3.63, 3.8) is 0 Å². The molecule has 0 N–H and O–H groups in total. The van der Waals surface area contributed by atoms with E-state index in [1.54, 1.807) is 0 Å². The van der Waals surface area contributed by atoms with Crippen LogP contribution in [-0.4, -0.2) is 25.2 Å². The highest BCUT2D eigenvalue weighted by molar-refractivity contribution is 5.85. The number of esters is 2. The van der Waals surface area contributed by atoms with Gasteiger partial charge in [0.2, 0.25) is 0 Å². The van der Waals surface area contributed by atoms with Crippen LogP contribution in [0.25, 0.3) is 0 Å². The molecule has 0 aliphatic rings. The van der Waals surface area contributed by atoms with Crippen LogP contribution in [0.5, 0.6) is 0 Å². The summed E-state index contributed by atoms with van der Waals surface area (Å²) in [5, 5.41) is 0. The smallest absolute Gasteiger partial charge is 0.310 e. The van der Waals surface area contributed by atoms with Crippen molar-refractivity contribution in [3.8, 4) is 0 Å². The third-order valence-corrected chi connectivity index (χ3v) is 1.79. The van der Waals surface area contributed by atoms with Gasteiger partial charge in [-0.05, 0) is 6.42 Å². The summed E-state index contributed by atoms with van der Waals surface area (Å²) in [7, 11) is 0. The largest absolute Gasteiger partial charge is 0.466 e. The van der Waals surface area contributed by atoms with Crippen molar-refractivity contribution < 1.29 is 19.1 Å². The maximum Gasteiger partial charge on any atom is 0.310 e. The predicted molar refractivity (Wildman–Crippen MR) is 60.6 cm³/mol. The Labute approximate surface area is 96.6 Å². The van der Waals surface area contributed by atoms with Gasteiger partial charge in [0, 0.05) is 0 Å². The van der Waals surface area contributed by atoms with Crippen LogP contribution >= 0.6 is 0 Å². The van der Waals surface area contributed by atoms with E-state index in [-0.39, 0.29) is 13.0 Å². The zero-order chi connectivity index (χ0) is 12.2. The van der Waals surface area contributed by atoms with Crippen molar-refractivity contribution in [2.45, 2.75) is 32.6 Å². The van der Waals surface area contributed by atoms with Crippen LogP contribution in [0.4, 0.5) is 0 Å². The van der Waals surface area contributed by atoms with Gasteiger partial charge in [0.05, 0.1) is 19.4 Å². The normalized spacial score (nSPS) is 9.56. The van der Waals surface area contributed by atoms with Crippen LogP contribution in [0.15, 0.2) is 12.7 Å². The van der Waals surface area contributed by atoms with E-state index in [1.807, 2.05) is 0 Å². The van der Waals surface area contributed by atoms with Gasteiger partial charge in [0.15, 0.2) is 0 Å². The van der Waals surface area contributed by atoms with Crippen LogP contribution in [0.1, 0.15) is 32.6 Å².